The van der Waals surface area contributed by atoms with Gasteiger partial charge in [0.25, 0.3) is 0 Å². The van der Waals surface area contributed by atoms with Gasteiger partial charge in [-0.1, -0.05) is 31.2 Å². The zero-order valence-electron chi connectivity index (χ0n) is 12.5. The molecular formula is C17H17FO4. The van der Waals surface area contributed by atoms with Crippen molar-refractivity contribution in [3.05, 3.63) is 59.4 Å². The molecule has 2 aromatic carbocycles. The third-order valence-electron chi connectivity index (χ3n) is 3.13. The molecule has 0 bridgehead atoms. The van der Waals surface area contributed by atoms with Crippen molar-refractivity contribution < 1.29 is 23.4 Å². The topological polar surface area (TPSA) is 44.8 Å². The van der Waals surface area contributed by atoms with Crippen molar-refractivity contribution in [1.82, 2.24) is 0 Å². The first-order valence-electron chi connectivity index (χ1n) is 6.89. The Morgan fingerprint density at radius 2 is 1.91 bits per heavy atom. The quantitative estimate of drug-likeness (QED) is 0.616. The van der Waals surface area contributed by atoms with Crippen LogP contribution in [0.15, 0.2) is 42.5 Å². The van der Waals surface area contributed by atoms with Crippen LogP contribution in [0.5, 0.6) is 11.5 Å². The van der Waals surface area contributed by atoms with Crippen LogP contribution in [-0.2, 0) is 17.8 Å². The second-order valence-electron chi connectivity index (χ2n) is 4.56. The molecule has 0 saturated carbocycles. The summed E-state index contributed by atoms with van der Waals surface area (Å²) in [6, 6.07) is 11.7. The molecule has 0 amide bonds. The number of para-hydroxylation sites is 1. The van der Waals surface area contributed by atoms with Crippen molar-refractivity contribution >= 4 is 6.16 Å². The minimum Gasteiger partial charge on any atom is -0.489 e. The Bertz CT molecular complexity index is 655. The Hall–Kier alpha value is -2.56. The van der Waals surface area contributed by atoms with Gasteiger partial charge in [0.15, 0.2) is 0 Å². The zero-order valence-corrected chi connectivity index (χ0v) is 12.5. The number of ether oxygens (including phenoxy) is 3. The maximum Gasteiger partial charge on any atom is 0.513 e. The molecule has 2 aromatic rings. The average molecular weight is 304 g/mol. The highest BCUT2D eigenvalue weighted by molar-refractivity contribution is 5.64. The smallest absolute Gasteiger partial charge is 0.489 e. The molecule has 2 rings (SSSR count). The van der Waals surface area contributed by atoms with Crippen molar-refractivity contribution in [2.24, 2.45) is 0 Å². The zero-order chi connectivity index (χ0) is 15.9. The van der Waals surface area contributed by atoms with Crippen LogP contribution >= 0.6 is 0 Å². The molecule has 5 heteroatoms. The van der Waals surface area contributed by atoms with Gasteiger partial charge in [0.05, 0.1) is 7.11 Å². The summed E-state index contributed by atoms with van der Waals surface area (Å²) in [6.45, 7) is 2.04. The fourth-order valence-electron chi connectivity index (χ4n) is 1.92. The Kier molecular flexibility index (Phi) is 5.36. The highest BCUT2D eigenvalue weighted by Crippen LogP contribution is 2.22. The maximum atomic E-state index is 13.7. The van der Waals surface area contributed by atoms with E-state index in [0.29, 0.717) is 29.0 Å². The average Bonchev–Trinajstić information content (AvgIpc) is 2.54. The molecule has 0 aliphatic carbocycles. The predicted molar refractivity (Wildman–Crippen MR) is 79.6 cm³/mol. The summed E-state index contributed by atoms with van der Waals surface area (Å²) < 4.78 is 28.8. The fourth-order valence-corrected chi connectivity index (χ4v) is 1.92. The van der Waals surface area contributed by atoms with Crippen LogP contribution in [0.2, 0.25) is 0 Å². The second kappa shape index (κ2) is 7.45. The number of rotatable bonds is 5. The number of carbonyl (C=O) groups excluding carboxylic acids is 1. The lowest BCUT2D eigenvalue weighted by atomic mass is 10.1. The Morgan fingerprint density at radius 3 is 2.59 bits per heavy atom. The first-order valence-corrected chi connectivity index (χ1v) is 6.89. The van der Waals surface area contributed by atoms with E-state index < -0.39 is 6.16 Å². The number of halogens is 1. The number of hydrogen-bond donors (Lipinski definition) is 0. The van der Waals surface area contributed by atoms with Crippen LogP contribution in [0.4, 0.5) is 9.18 Å². The van der Waals surface area contributed by atoms with Crippen molar-refractivity contribution in [3.8, 4) is 11.5 Å². The standard InChI is InChI=1S/C17H17FO4/c1-3-12-8-9-14(10-15(12)18)21-11-13-6-4-5-7-16(13)22-17(19)20-2/h4-10H,3,11H2,1-2H3. The van der Waals surface area contributed by atoms with Gasteiger partial charge < -0.3 is 14.2 Å². The monoisotopic (exact) mass is 304 g/mol. The highest BCUT2D eigenvalue weighted by Gasteiger charge is 2.10. The number of hydrogen-bond acceptors (Lipinski definition) is 4. The molecule has 0 atom stereocenters. The van der Waals surface area contributed by atoms with E-state index in [1.807, 2.05) is 6.92 Å². The van der Waals surface area contributed by atoms with Gasteiger partial charge in [-0.2, -0.15) is 0 Å². The van der Waals surface area contributed by atoms with E-state index in [2.05, 4.69) is 4.74 Å². The van der Waals surface area contributed by atoms with Gasteiger partial charge in [-0.25, -0.2) is 9.18 Å². The van der Waals surface area contributed by atoms with Crippen LogP contribution in [-0.4, -0.2) is 13.3 Å². The lowest BCUT2D eigenvalue weighted by molar-refractivity contribution is 0.120. The van der Waals surface area contributed by atoms with E-state index >= 15 is 0 Å². The molecule has 0 aromatic heterocycles. The molecule has 116 valence electrons. The van der Waals surface area contributed by atoms with E-state index in [9.17, 15) is 9.18 Å². The van der Waals surface area contributed by atoms with Gasteiger partial charge in [0.1, 0.15) is 23.9 Å². The molecule has 4 nitrogen and oxygen atoms in total. The van der Waals surface area contributed by atoms with E-state index in [1.54, 1.807) is 36.4 Å². The minimum absolute atomic E-state index is 0.151. The largest absolute Gasteiger partial charge is 0.513 e. The molecular weight excluding hydrogens is 287 g/mol. The number of benzene rings is 2. The highest BCUT2D eigenvalue weighted by atomic mass is 19.1. The van der Waals surface area contributed by atoms with Crippen LogP contribution in [0.1, 0.15) is 18.1 Å². The summed E-state index contributed by atoms with van der Waals surface area (Å²) in [7, 11) is 1.24. The van der Waals surface area contributed by atoms with Gasteiger partial charge in [-0.05, 0) is 24.1 Å². The van der Waals surface area contributed by atoms with Crippen LogP contribution < -0.4 is 9.47 Å². The van der Waals surface area contributed by atoms with Gasteiger partial charge >= 0.3 is 6.16 Å². The molecule has 22 heavy (non-hydrogen) atoms. The lowest BCUT2D eigenvalue weighted by Crippen LogP contribution is -2.09. The third kappa shape index (κ3) is 3.97. The van der Waals surface area contributed by atoms with Crippen molar-refractivity contribution in [1.29, 1.82) is 0 Å². The SMILES string of the molecule is CCc1ccc(OCc2ccccc2OC(=O)OC)cc1F. The molecule has 0 heterocycles. The summed E-state index contributed by atoms with van der Waals surface area (Å²) in [5.41, 5.74) is 1.30. The Labute approximate surface area is 128 Å². The molecule has 0 N–H and O–H groups in total. The van der Waals surface area contributed by atoms with Gasteiger partial charge in [-0.15, -0.1) is 0 Å². The summed E-state index contributed by atoms with van der Waals surface area (Å²) in [4.78, 5) is 11.2. The molecule has 0 radical (unpaired) electrons. The maximum absolute atomic E-state index is 13.7. The Morgan fingerprint density at radius 1 is 1.14 bits per heavy atom. The van der Waals surface area contributed by atoms with Crippen molar-refractivity contribution in [2.75, 3.05) is 7.11 Å². The van der Waals surface area contributed by atoms with Gasteiger partial charge in [-0.3, -0.25) is 0 Å². The normalized spacial score (nSPS) is 10.1. The van der Waals surface area contributed by atoms with Crippen molar-refractivity contribution in [3.63, 3.8) is 0 Å². The molecule has 0 unspecified atom stereocenters. The van der Waals surface area contributed by atoms with Gasteiger partial charge in [0.2, 0.25) is 0 Å². The molecule has 0 aliphatic heterocycles. The van der Waals surface area contributed by atoms with Crippen molar-refractivity contribution in [2.45, 2.75) is 20.0 Å². The molecule has 0 saturated heterocycles. The number of methoxy groups -OCH3 is 1. The third-order valence-corrected chi connectivity index (χ3v) is 3.13. The summed E-state index contributed by atoms with van der Waals surface area (Å²) in [5.74, 6) is 0.474. The Balaban J connectivity index is 2.08. The second-order valence-corrected chi connectivity index (χ2v) is 4.56. The van der Waals surface area contributed by atoms with E-state index in [4.69, 9.17) is 9.47 Å². The van der Waals surface area contributed by atoms with Gasteiger partial charge in [0, 0.05) is 11.6 Å². The van der Waals surface area contributed by atoms with Crippen LogP contribution in [0.25, 0.3) is 0 Å². The molecule has 0 spiro atoms. The van der Waals surface area contributed by atoms with E-state index in [0.717, 1.165) is 0 Å². The molecule has 0 aliphatic rings. The first-order chi connectivity index (χ1) is 10.6. The molecule has 0 fully saturated rings. The van der Waals surface area contributed by atoms with Crippen LogP contribution in [0.3, 0.4) is 0 Å². The minimum atomic E-state index is -0.800. The number of carbonyl (C=O) groups is 1. The van der Waals surface area contributed by atoms with E-state index in [-0.39, 0.29) is 12.4 Å². The number of aryl methyl sites for hydroxylation is 1. The fraction of sp³-hybridized carbons (Fsp3) is 0.235. The predicted octanol–water partition coefficient (Wildman–Crippen LogP) is 4.11. The summed E-state index contributed by atoms with van der Waals surface area (Å²) in [6.07, 6.45) is -0.173. The van der Waals surface area contributed by atoms with Crippen LogP contribution in [0, 0.1) is 5.82 Å². The lowest BCUT2D eigenvalue weighted by Gasteiger charge is -2.11. The summed E-state index contributed by atoms with van der Waals surface area (Å²) >= 11 is 0. The summed E-state index contributed by atoms with van der Waals surface area (Å²) in [5, 5.41) is 0. The van der Waals surface area contributed by atoms with E-state index in [1.165, 1.54) is 13.2 Å². The first kappa shape index (κ1) is 15.8.